The summed E-state index contributed by atoms with van der Waals surface area (Å²) >= 11 is 0. The molecule has 0 amide bonds. The van der Waals surface area contributed by atoms with Gasteiger partial charge in [0.1, 0.15) is 11.9 Å². The topological polar surface area (TPSA) is 74.7 Å². The molecule has 0 saturated carbocycles. The van der Waals surface area contributed by atoms with Gasteiger partial charge in [0.25, 0.3) is 0 Å². The van der Waals surface area contributed by atoms with Crippen LogP contribution in [0.1, 0.15) is 18.9 Å². The van der Waals surface area contributed by atoms with E-state index in [0.717, 1.165) is 6.42 Å². The monoisotopic (exact) mass is 190 g/mol. The van der Waals surface area contributed by atoms with Crippen molar-refractivity contribution in [2.75, 3.05) is 11.9 Å². The minimum atomic E-state index is 0.178. The molecule has 3 N–H and O–H groups in total. The molecule has 1 atom stereocenters. The Kier molecular flexibility index (Phi) is 3.89. The zero-order chi connectivity index (χ0) is 10.4. The van der Waals surface area contributed by atoms with Gasteiger partial charge in [-0.1, -0.05) is 6.92 Å². The lowest BCUT2D eigenvalue weighted by molar-refractivity contribution is 0.700. The maximum Gasteiger partial charge on any atom is 0.144 e. The molecular weight excluding hydrogens is 176 g/mol. The standard InChI is InChI=1S/C10H14N4/c1-2-9(7-12)14-10-8(6-11)4-3-5-13-10/h3-5,9H,2,7,12H2,1H3,(H,13,14). The van der Waals surface area contributed by atoms with E-state index in [9.17, 15) is 0 Å². The van der Waals surface area contributed by atoms with Crippen molar-refractivity contribution < 1.29 is 0 Å². The summed E-state index contributed by atoms with van der Waals surface area (Å²) in [5.41, 5.74) is 6.10. The van der Waals surface area contributed by atoms with Crippen LogP contribution in [-0.4, -0.2) is 17.6 Å². The fourth-order valence-electron chi connectivity index (χ4n) is 1.13. The first-order valence-corrected chi connectivity index (χ1v) is 4.63. The van der Waals surface area contributed by atoms with Crippen LogP contribution in [0.15, 0.2) is 18.3 Å². The first-order valence-electron chi connectivity index (χ1n) is 4.63. The number of pyridine rings is 1. The quantitative estimate of drug-likeness (QED) is 0.745. The van der Waals surface area contributed by atoms with Crippen LogP contribution in [0.25, 0.3) is 0 Å². The van der Waals surface area contributed by atoms with Crippen molar-refractivity contribution in [2.24, 2.45) is 5.73 Å². The van der Waals surface area contributed by atoms with Crippen LogP contribution in [0.5, 0.6) is 0 Å². The van der Waals surface area contributed by atoms with E-state index >= 15 is 0 Å². The summed E-state index contributed by atoms with van der Waals surface area (Å²) in [6.07, 6.45) is 2.57. The van der Waals surface area contributed by atoms with E-state index in [1.165, 1.54) is 0 Å². The highest BCUT2D eigenvalue weighted by Crippen LogP contribution is 2.11. The van der Waals surface area contributed by atoms with Crippen LogP contribution >= 0.6 is 0 Å². The van der Waals surface area contributed by atoms with Gasteiger partial charge in [0.15, 0.2) is 0 Å². The lowest BCUT2D eigenvalue weighted by atomic mass is 10.2. The van der Waals surface area contributed by atoms with Crippen molar-refractivity contribution in [2.45, 2.75) is 19.4 Å². The Bertz CT molecular complexity index is 325. The fourth-order valence-corrected chi connectivity index (χ4v) is 1.13. The van der Waals surface area contributed by atoms with E-state index in [1.807, 2.05) is 6.92 Å². The van der Waals surface area contributed by atoms with Gasteiger partial charge in [-0.05, 0) is 18.6 Å². The Morgan fingerprint density at radius 1 is 1.71 bits per heavy atom. The molecule has 0 saturated heterocycles. The maximum atomic E-state index is 8.82. The average molecular weight is 190 g/mol. The summed E-state index contributed by atoms with van der Waals surface area (Å²) in [4.78, 5) is 4.10. The minimum absolute atomic E-state index is 0.178. The van der Waals surface area contributed by atoms with Crippen LogP contribution in [-0.2, 0) is 0 Å². The molecule has 1 aromatic heterocycles. The van der Waals surface area contributed by atoms with Gasteiger partial charge in [0.05, 0.1) is 5.56 Å². The number of aromatic nitrogens is 1. The van der Waals surface area contributed by atoms with Gasteiger partial charge in [-0.2, -0.15) is 5.26 Å². The van der Waals surface area contributed by atoms with Gasteiger partial charge in [0.2, 0.25) is 0 Å². The number of nitrogens with two attached hydrogens (primary N) is 1. The molecule has 74 valence electrons. The molecule has 4 heteroatoms. The summed E-state index contributed by atoms with van der Waals surface area (Å²) in [5.74, 6) is 0.618. The summed E-state index contributed by atoms with van der Waals surface area (Å²) in [7, 11) is 0. The maximum absolute atomic E-state index is 8.82. The Morgan fingerprint density at radius 2 is 2.50 bits per heavy atom. The molecule has 4 nitrogen and oxygen atoms in total. The smallest absolute Gasteiger partial charge is 0.144 e. The molecule has 0 aliphatic heterocycles. The van der Waals surface area contributed by atoms with Gasteiger partial charge in [-0.25, -0.2) is 4.98 Å². The lowest BCUT2D eigenvalue weighted by Crippen LogP contribution is -2.28. The van der Waals surface area contributed by atoms with E-state index < -0.39 is 0 Å². The molecule has 1 aromatic rings. The predicted octanol–water partition coefficient (Wildman–Crippen LogP) is 1.10. The number of nitriles is 1. The Labute approximate surface area is 83.8 Å². The normalized spacial score (nSPS) is 11.8. The van der Waals surface area contributed by atoms with Gasteiger partial charge >= 0.3 is 0 Å². The second-order valence-electron chi connectivity index (χ2n) is 3.00. The zero-order valence-electron chi connectivity index (χ0n) is 8.20. The molecular formula is C10H14N4. The third kappa shape index (κ3) is 2.44. The van der Waals surface area contributed by atoms with Crippen LogP contribution in [0.2, 0.25) is 0 Å². The van der Waals surface area contributed by atoms with Crippen molar-refractivity contribution in [3.05, 3.63) is 23.9 Å². The second kappa shape index (κ2) is 5.20. The summed E-state index contributed by atoms with van der Waals surface area (Å²) in [6, 6.07) is 5.74. The van der Waals surface area contributed by atoms with Crippen molar-refractivity contribution in [1.82, 2.24) is 4.98 Å². The highest BCUT2D eigenvalue weighted by Gasteiger charge is 2.07. The molecule has 14 heavy (non-hydrogen) atoms. The van der Waals surface area contributed by atoms with Gasteiger partial charge in [0, 0.05) is 18.8 Å². The number of anilines is 1. The van der Waals surface area contributed by atoms with Gasteiger partial charge < -0.3 is 11.1 Å². The van der Waals surface area contributed by atoms with Crippen molar-refractivity contribution >= 4 is 5.82 Å². The van der Waals surface area contributed by atoms with E-state index in [0.29, 0.717) is 17.9 Å². The molecule has 0 aliphatic rings. The van der Waals surface area contributed by atoms with Crippen LogP contribution in [0.3, 0.4) is 0 Å². The molecule has 1 heterocycles. The Balaban J connectivity index is 2.80. The summed E-state index contributed by atoms with van der Waals surface area (Å²) < 4.78 is 0. The SMILES string of the molecule is CCC(CN)Nc1ncccc1C#N. The molecule has 1 rings (SSSR count). The Morgan fingerprint density at radius 3 is 3.07 bits per heavy atom. The third-order valence-corrected chi connectivity index (χ3v) is 2.05. The van der Waals surface area contributed by atoms with Crippen LogP contribution < -0.4 is 11.1 Å². The summed E-state index contributed by atoms with van der Waals surface area (Å²) in [6.45, 7) is 2.58. The molecule has 0 fully saturated rings. The van der Waals surface area contributed by atoms with E-state index in [2.05, 4.69) is 16.4 Å². The van der Waals surface area contributed by atoms with Crippen molar-refractivity contribution in [1.29, 1.82) is 5.26 Å². The van der Waals surface area contributed by atoms with Crippen LogP contribution in [0, 0.1) is 11.3 Å². The van der Waals surface area contributed by atoms with E-state index in [4.69, 9.17) is 11.0 Å². The summed E-state index contributed by atoms with van der Waals surface area (Å²) in [5, 5.41) is 12.0. The first-order chi connectivity index (χ1) is 6.81. The predicted molar refractivity (Wildman–Crippen MR) is 55.7 cm³/mol. The average Bonchev–Trinajstić information content (AvgIpc) is 2.26. The number of hydrogen-bond donors (Lipinski definition) is 2. The minimum Gasteiger partial charge on any atom is -0.365 e. The molecule has 0 radical (unpaired) electrons. The zero-order valence-corrected chi connectivity index (χ0v) is 8.20. The molecule has 0 spiro atoms. The largest absolute Gasteiger partial charge is 0.365 e. The molecule has 0 aromatic carbocycles. The van der Waals surface area contributed by atoms with Crippen molar-refractivity contribution in [3.8, 4) is 6.07 Å². The lowest BCUT2D eigenvalue weighted by Gasteiger charge is -2.15. The molecule has 1 unspecified atom stereocenters. The van der Waals surface area contributed by atoms with Crippen LogP contribution in [0.4, 0.5) is 5.82 Å². The molecule has 0 aliphatic carbocycles. The number of rotatable bonds is 4. The molecule has 0 bridgehead atoms. The highest BCUT2D eigenvalue weighted by atomic mass is 15.0. The number of nitrogens with one attached hydrogen (secondary N) is 1. The van der Waals surface area contributed by atoms with E-state index in [1.54, 1.807) is 18.3 Å². The highest BCUT2D eigenvalue weighted by molar-refractivity contribution is 5.51. The van der Waals surface area contributed by atoms with Crippen molar-refractivity contribution in [3.63, 3.8) is 0 Å². The second-order valence-corrected chi connectivity index (χ2v) is 3.00. The van der Waals surface area contributed by atoms with Gasteiger partial charge in [-0.3, -0.25) is 0 Å². The van der Waals surface area contributed by atoms with Gasteiger partial charge in [-0.15, -0.1) is 0 Å². The first kappa shape index (κ1) is 10.5. The Hall–Kier alpha value is -1.60. The third-order valence-electron chi connectivity index (χ3n) is 2.05. The van der Waals surface area contributed by atoms with E-state index in [-0.39, 0.29) is 6.04 Å². The number of hydrogen-bond acceptors (Lipinski definition) is 4. The fraction of sp³-hybridized carbons (Fsp3) is 0.400. The number of nitrogens with zero attached hydrogens (tertiary/aromatic N) is 2.